The Labute approximate surface area is 125 Å². The van der Waals surface area contributed by atoms with Gasteiger partial charge in [-0.2, -0.15) is 4.98 Å². The van der Waals surface area contributed by atoms with Crippen molar-refractivity contribution in [3.63, 3.8) is 0 Å². The lowest BCUT2D eigenvalue weighted by Gasteiger charge is -2.23. The van der Waals surface area contributed by atoms with Crippen molar-refractivity contribution in [2.45, 2.75) is 38.1 Å². The van der Waals surface area contributed by atoms with Gasteiger partial charge in [0.25, 0.3) is 0 Å². The number of pyridine rings is 1. The fraction of sp³-hybridized carbons (Fsp3) is 0.438. The summed E-state index contributed by atoms with van der Waals surface area (Å²) in [5.74, 6) is 1.54. The van der Waals surface area contributed by atoms with Crippen LogP contribution >= 0.6 is 0 Å². The largest absolute Gasteiger partial charge is 0.373 e. The van der Waals surface area contributed by atoms with E-state index in [1.165, 1.54) is 32.1 Å². The second-order valence-electron chi connectivity index (χ2n) is 5.43. The zero-order chi connectivity index (χ0) is 14.5. The van der Waals surface area contributed by atoms with E-state index in [2.05, 4.69) is 25.6 Å². The molecule has 110 valence electrons. The quantitative estimate of drug-likeness (QED) is 0.901. The van der Waals surface area contributed by atoms with Crippen LogP contribution in [0, 0.1) is 0 Å². The zero-order valence-corrected chi connectivity index (χ0v) is 12.3. The smallest absolute Gasteiger partial charge is 0.225 e. The Balaban J connectivity index is 1.86. The van der Waals surface area contributed by atoms with Crippen molar-refractivity contribution in [2.24, 2.45) is 0 Å². The SMILES string of the molecule is CNc1cc(-c2ccncc2)nc(NC2CCCCC2)n1. The van der Waals surface area contributed by atoms with Crippen molar-refractivity contribution >= 4 is 11.8 Å². The number of hydrogen-bond acceptors (Lipinski definition) is 5. The summed E-state index contributed by atoms with van der Waals surface area (Å²) in [5.41, 5.74) is 1.96. The molecule has 0 amide bonds. The summed E-state index contributed by atoms with van der Waals surface area (Å²) < 4.78 is 0. The van der Waals surface area contributed by atoms with Gasteiger partial charge >= 0.3 is 0 Å². The molecule has 2 heterocycles. The van der Waals surface area contributed by atoms with Gasteiger partial charge in [0.15, 0.2) is 0 Å². The molecule has 0 spiro atoms. The van der Waals surface area contributed by atoms with Crippen molar-refractivity contribution < 1.29 is 0 Å². The fourth-order valence-corrected chi connectivity index (χ4v) is 2.74. The first-order valence-corrected chi connectivity index (χ1v) is 7.59. The highest BCUT2D eigenvalue weighted by Gasteiger charge is 2.15. The summed E-state index contributed by atoms with van der Waals surface area (Å²) in [4.78, 5) is 13.2. The second-order valence-corrected chi connectivity index (χ2v) is 5.43. The highest BCUT2D eigenvalue weighted by atomic mass is 15.1. The number of nitrogens with zero attached hydrogens (tertiary/aromatic N) is 3. The number of aromatic nitrogens is 3. The third-order valence-electron chi connectivity index (χ3n) is 3.90. The van der Waals surface area contributed by atoms with E-state index in [0.717, 1.165) is 17.1 Å². The van der Waals surface area contributed by atoms with Crippen molar-refractivity contribution in [1.29, 1.82) is 0 Å². The monoisotopic (exact) mass is 283 g/mol. The van der Waals surface area contributed by atoms with Crippen LogP contribution in [-0.2, 0) is 0 Å². The Morgan fingerprint density at radius 2 is 1.81 bits per heavy atom. The molecule has 1 aliphatic carbocycles. The topological polar surface area (TPSA) is 62.7 Å². The van der Waals surface area contributed by atoms with Gasteiger partial charge in [0, 0.05) is 37.1 Å². The Kier molecular flexibility index (Phi) is 4.28. The Bertz CT molecular complexity index is 578. The summed E-state index contributed by atoms with van der Waals surface area (Å²) >= 11 is 0. The molecule has 2 N–H and O–H groups in total. The van der Waals surface area contributed by atoms with Gasteiger partial charge < -0.3 is 10.6 Å². The van der Waals surface area contributed by atoms with Crippen molar-refractivity contribution in [2.75, 3.05) is 17.7 Å². The summed E-state index contributed by atoms with van der Waals surface area (Å²) in [7, 11) is 1.88. The van der Waals surface area contributed by atoms with Gasteiger partial charge in [-0.25, -0.2) is 4.98 Å². The predicted octanol–water partition coefficient (Wildman–Crippen LogP) is 3.32. The number of hydrogen-bond donors (Lipinski definition) is 2. The number of anilines is 2. The Morgan fingerprint density at radius 1 is 1.05 bits per heavy atom. The molecule has 2 aromatic heterocycles. The molecular formula is C16H21N5. The standard InChI is InChI=1S/C16H21N5/c1-17-15-11-14(12-7-9-18-10-8-12)20-16(21-15)19-13-5-3-2-4-6-13/h7-11,13H,2-6H2,1H3,(H2,17,19,20,21). The van der Waals surface area contributed by atoms with Crippen molar-refractivity contribution in [3.05, 3.63) is 30.6 Å². The summed E-state index contributed by atoms with van der Waals surface area (Å²) in [6.07, 6.45) is 9.91. The maximum atomic E-state index is 4.66. The zero-order valence-electron chi connectivity index (χ0n) is 12.3. The van der Waals surface area contributed by atoms with Crippen LogP contribution in [0.15, 0.2) is 30.6 Å². The van der Waals surface area contributed by atoms with Gasteiger partial charge in [-0.05, 0) is 25.0 Å². The van der Waals surface area contributed by atoms with Crippen LogP contribution in [0.2, 0.25) is 0 Å². The van der Waals surface area contributed by atoms with Crippen molar-refractivity contribution in [1.82, 2.24) is 15.0 Å². The van der Waals surface area contributed by atoms with E-state index >= 15 is 0 Å². The molecule has 21 heavy (non-hydrogen) atoms. The van der Waals surface area contributed by atoms with Crippen LogP contribution in [0.4, 0.5) is 11.8 Å². The average molecular weight is 283 g/mol. The third-order valence-corrected chi connectivity index (χ3v) is 3.90. The van der Waals surface area contributed by atoms with Gasteiger partial charge in [-0.15, -0.1) is 0 Å². The highest BCUT2D eigenvalue weighted by molar-refractivity contribution is 5.63. The minimum atomic E-state index is 0.496. The van der Waals surface area contributed by atoms with Crippen molar-refractivity contribution in [3.8, 4) is 11.3 Å². The molecule has 1 saturated carbocycles. The Hall–Kier alpha value is -2.17. The molecule has 0 bridgehead atoms. The van der Waals surface area contributed by atoms with Crippen LogP contribution < -0.4 is 10.6 Å². The second kappa shape index (κ2) is 6.52. The Morgan fingerprint density at radius 3 is 2.52 bits per heavy atom. The predicted molar refractivity (Wildman–Crippen MR) is 85.3 cm³/mol. The molecule has 0 aliphatic heterocycles. The first-order chi connectivity index (χ1) is 10.3. The lowest BCUT2D eigenvalue weighted by Crippen LogP contribution is -2.23. The number of nitrogens with one attached hydrogen (secondary N) is 2. The summed E-state index contributed by atoms with van der Waals surface area (Å²) in [6.45, 7) is 0. The molecule has 0 radical (unpaired) electrons. The molecule has 5 nitrogen and oxygen atoms in total. The molecule has 0 aromatic carbocycles. The van der Waals surface area contributed by atoms with E-state index in [9.17, 15) is 0 Å². The van der Waals surface area contributed by atoms with Gasteiger partial charge in [-0.1, -0.05) is 19.3 Å². The summed E-state index contributed by atoms with van der Waals surface area (Å²) in [6, 6.07) is 6.39. The molecule has 0 unspecified atom stereocenters. The van der Waals surface area contributed by atoms with Crippen LogP contribution in [0.5, 0.6) is 0 Å². The van der Waals surface area contributed by atoms with Crippen LogP contribution in [0.25, 0.3) is 11.3 Å². The first-order valence-electron chi connectivity index (χ1n) is 7.59. The molecule has 3 rings (SSSR count). The first kappa shape index (κ1) is 13.8. The summed E-state index contributed by atoms with van der Waals surface area (Å²) in [5, 5.41) is 6.60. The van der Waals surface area contributed by atoms with Gasteiger partial charge in [-0.3, -0.25) is 4.98 Å². The molecule has 0 atom stereocenters. The minimum Gasteiger partial charge on any atom is -0.373 e. The number of rotatable bonds is 4. The highest BCUT2D eigenvalue weighted by Crippen LogP contribution is 2.24. The lowest BCUT2D eigenvalue weighted by atomic mass is 9.96. The molecular weight excluding hydrogens is 262 g/mol. The normalized spacial score (nSPS) is 15.7. The fourth-order valence-electron chi connectivity index (χ4n) is 2.74. The van der Waals surface area contributed by atoms with Gasteiger partial charge in [0.1, 0.15) is 5.82 Å². The molecule has 1 fully saturated rings. The van der Waals surface area contributed by atoms with E-state index in [-0.39, 0.29) is 0 Å². The van der Waals surface area contributed by atoms with Gasteiger partial charge in [0.2, 0.25) is 5.95 Å². The van der Waals surface area contributed by atoms with E-state index in [1.54, 1.807) is 12.4 Å². The van der Waals surface area contributed by atoms with E-state index in [4.69, 9.17) is 0 Å². The third kappa shape index (κ3) is 3.48. The average Bonchev–Trinajstić information content (AvgIpc) is 2.56. The maximum Gasteiger partial charge on any atom is 0.225 e. The maximum absolute atomic E-state index is 4.66. The lowest BCUT2D eigenvalue weighted by molar-refractivity contribution is 0.461. The molecule has 5 heteroatoms. The van der Waals surface area contributed by atoms with Gasteiger partial charge in [0.05, 0.1) is 5.69 Å². The molecule has 0 saturated heterocycles. The van der Waals surface area contributed by atoms with Crippen LogP contribution in [-0.4, -0.2) is 28.0 Å². The van der Waals surface area contributed by atoms with E-state index < -0.39 is 0 Å². The van der Waals surface area contributed by atoms with E-state index in [0.29, 0.717) is 12.0 Å². The van der Waals surface area contributed by atoms with Crippen LogP contribution in [0.3, 0.4) is 0 Å². The van der Waals surface area contributed by atoms with E-state index in [1.807, 2.05) is 25.2 Å². The minimum absolute atomic E-state index is 0.496. The van der Waals surface area contributed by atoms with Crippen LogP contribution in [0.1, 0.15) is 32.1 Å². The molecule has 1 aliphatic rings. The molecule has 2 aromatic rings.